The molecule has 3 rings (SSSR count). The Morgan fingerprint density at radius 1 is 1.05 bits per heavy atom. The zero-order valence-electron chi connectivity index (χ0n) is 23.4. The topological polar surface area (TPSA) is 87.6 Å². The van der Waals surface area contributed by atoms with Gasteiger partial charge in [-0.05, 0) is 53.1 Å². The van der Waals surface area contributed by atoms with Gasteiger partial charge in [-0.1, -0.05) is 54.1 Å². The maximum absolute atomic E-state index is 13.0. The molecular formula is C32H29F3N2O6. The number of ether oxygens (including phenoxy) is 3. The van der Waals surface area contributed by atoms with E-state index in [9.17, 15) is 18.0 Å². The number of esters is 1. The fraction of sp³-hybridized carbons (Fsp3) is 0.188. The standard InChI is InChI=1S/C32H29F3N2O6/c1-5-17-42-37-30(22(2)36-43-20-25-10-6-7-12-28(25)29(21-39-3)31(38)40-4)24-13-15-27(16-14-24)41-19-23-9-8-11-26(18-23)32(33,34)35/h1,6-16,18,21,36H,2,17,19-20H2,3-4H3. The summed E-state index contributed by atoms with van der Waals surface area (Å²) in [6, 6.07) is 18.6. The molecule has 0 heterocycles. The lowest BCUT2D eigenvalue weighted by Crippen LogP contribution is -2.21. The Hall–Kier alpha value is -5.21. The van der Waals surface area contributed by atoms with Crippen molar-refractivity contribution in [2.75, 3.05) is 20.8 Å². The van der Waals surface area contributed by atoms with Crippen LogP contribution in [0.5, 0.6) is 5.75 Å². The molecule has 0 radical (unpaired) electrons. The summed E-state index contributed by atoms with van der Waals surface area (Å²) >= 11 is 0. The number of rotatable bonds is 14. The summed E-state index contributed by atoms with van der Waals surface area (Å²) in [5.74, 6) is 2.16. The molecule has 1 N–H and O–H groups in total. The molecule has 0 aliphatic carbocycles. The van der Waals surface area contributed by atoms with Gasteiger partial charge in [0.05, 0.1) is 31.7 Å². The van der Waals surface area contributed by atoms with Gasteiger partial charge in [0.25, 0.3) is 0 Å². The lowest BCUT2D eigenvalue weighted by atomic mass is 10.0. The Morgan fingerprint density at radius 2 is 1.79 bits per heavy atom. The van der Waals surface area contributed by atoms with E-state index in [-0.39, 0.29) is 36.8 Å². The van der Waals surface area contributed by atoms with E-state index in [0.29, 0.717) is 28.0 Å². The van der Waals surface area contributed by atoms with Crippen LogP contribution in [0.25, 0.3) is 5.57 Å². The molecule has 0 amide bonds. The highest BCUT2D eigenvalue weighted by Crippen LogP contribution is 2.30. The summed E-state index contributed by atoms with van der Waals surface area (Å²) in [6.07, 6.45) is 2.12. The number of hydrogen-bond acceptors (Lipinski definition) is 8. The first kappa shape index (κ1) is 32.3. The molecule has 0 bridgehead atoms. The van der Waals surface area contributed by atoms with Crippen LogP contribution in [0.4, 0.5) is 13.2 Å². The van der Waals surface area contributed by atoms with Crippen molar-refractivity contribution >= 4 is 17.3 Å². The van der Waals surface area contributed by atoms with E-state index in [2.05, 4.69) is 23.1 Å². The Labute approximate surface area is 247 Å². The summed E-state index contributed by atoms with van der Waals surface area (Å²) in [7, 11) is 2.69. The van der Waals surface area contributed by atoms with Crippen molar-refractivity contribution in [3.63, 3.8) is 0 Å². The molecule has 0 saturated heterocycles. The number of nitrogens with one attached hydrogen (secondary N) is 1. The van der Waals surface area contributed by atoms with Gasteiger partial charge < -0.3 is 19.0 Å². The van der Waals surface area contributed by atoms with Crippen LogP contribution in [-0.2, 0) is 43.3 Å². The number of halogens is 3. The molecule has 0 aliphatic rings. The maximum Gasteiger partial charge on any atom is 0.416 e. The molecule has 0 unspecified atom stereocenters. The van der Waals surface area contributed by atoms with Gasteiger partial charge in [0.15, 0.2) is 6.61 Å². The molecule has 3 aromatic rings. The van der Waals surface area contributed by atoms with Gasteiger partial charge in [-0.15, -0.1) is 6.42 Å². The molecular weight excluding hydrogens is 565 g/mol. The lowest BCUT2D eigenvalue weighted by molar-refractivity contribution is -0.137. The molecule has 11 heteroatoms. The van der Waals surface area contributed by atoms with Crippen LogP contribution in [-0.4, -0.2) is 32.5 Å². The van der Waals surface area contributed by atoms with Crippen molar-refractivity contribution in [3.05, 3.63) is 119 Å². The molecule has 0 aromatic heterocycles. The molecule has 0 atom stereocenters. The van der Waals surface area contributed by atoms with Gasteiger partial charge in [-0.3, -0.25) is 10.3 Å². The van der Waals surface area contributed by atoms with Crippen LogP contribution >= 0.6 is 0 Å². The molecule has 43 heavy (non-hydrogen) atoms. The van der Waals surface area contributed by atoms with Crippen LogP contribution < -0.4 is 10.2 Å². The third-order valence-electron chi connectivity index (χ3n) is 5.75. The number of terminal acetylenes is 1. The van der Waals surface area contributed by atoms with Crippen LogP contribution in [0.1, 0.15) is 27.8 Å². The largest absolute Gasteiger partial charge is 0.503 e. The van der Waals surface area contributed by atoms with E-state index < -0.39 is 17.7 Å². The number of hydrogen-bond donors (Lipinski definition) is 1. The number of nitrogens with zero attached hydrogens (tertiary/aromatic N) is 1. The average molecular weight is 595 g/mol. The van der Waals surface area contributed by atoms with E-state index in [4.69, 9.17) is 30.3 Å². The summed E-state index contributed by atoms with van der Waals surface area (Å²) in [5.41, 5.74) is 4.82. The SMILES string of the molecule is C#CCON=C(C(=C)NOCc1ccccc1C(=COC)C(=O)OC)c1ccc(OCc2cccc(C(F)(F)F)c2)cc1. The van der Waals surface area contributed by atoms with Crippen molar-refractivity contribution in [2.45, 2.75) is 19.4 Å². The van der Waals surface area contributed by atoms with E-state index in [1.165, 1.54) is 26.5 Å². The van der Waals surface area contributed by atoms with E-state index in [1.54, 1.807) is 54.6 Å². The van der Waals surface area contributed by atoms with Crippen LogP contribution in [0.15, 0.2) is 96.5 Å². The minimum absolute atomic E-state index is 0.0219. The molecule has 224 valence electrons. The van der Waals surface area contributed by atoms with Gasteiger partial charge in [0, 0.05) is 5.56 Å². The Kier molecular flexibility index (Phi) is 11.8. The molecule has 0 aliphatic heterocycles. The summed E-state index contributed by atoms with van der Waals surface area (Å²) < 4.78 is 54.5. The summed E-state index contributed by atoms with van der Waals surface area (Å²) in [4.78, 5) is 23.1. The van der Waals surface area contributed by atoms with Crippen molar-refractivity contribution in [2.24, 2.45) is 5.16 Å². The minimum Gasteiger partial charge on any atom is -0.503 e. The molecule has 0 spiro atoms. The first-order chi connectivity index (χ1) is 20.7. The quantitative estimate of drug-likeness (QED) is 0.0464. The predicted octanol–water partition coefficient (Wildman–Crippen LogP) is 6.03. The first-order valence-corrected chi connectivity index (χ1v) is 12.7. The fourth-order valence-corrected chi connectivity index (χ4v) is 3.74. The smallest absolute Gasteiger partial charge is 0.416 e. The molecule has 8 nitrogen and oxygen atoms in total. The number of benzene rings is 3. The van der Waals surface area contributed by atoms with Crippen LogP contribution in [0.3, 0.4) is 0 Å². The zero-order valence-corrected chi connectivity index (χ0v) is 23.4. The van der Waals surface area contributed by atoms with E-state index >= 15 is 0 Å². The molecule has 0 saturated carbocycles. The number of oxime groups is 1. The van der Waals surface area contributed by atoms with Gasteiger partial charge in [0.1, 0.15) is 30.2 Å². The number of allylic oxidation sites excluding steroid dienone is 1. The number of carbonyl (C=O) groups is 1. The number of hydroxylamine groups is 1. The zero-order chi connectivity index (χ0) is 31.2. The Balaban J connectivity index is 1.69. The van der Waals surface area contributed by atoms with Crippen molar-refractivity contribution in [1.82, 2.24) is 5.48 Å². The van der Waals surface area contributed by atoms with Gasteiger partial charge in [-0.2, -0.15) is 13.2 Å². The average Bonchev–Trinajstić information content (AvgIpc) is 3.01. The summed E-state index contributed by atoms with van der Waals surface area (Å²) in [5, 5.41) is 4.07. The second-order valence-electron chi connectivity index (χ2n) is 8.71. The minimum atomic E-state index is -4.44. The summed E-state index contributed by atoms with van der Waals surface area (Å²) in [6.45, 7) is 3.84. The van der Waals surface area contributed by atoms with Crippen LogP contribution in [0.2, 0.25) is 0 Å². The number of methoxy groups -OCH3 is 2. The second kappa shape index (κ2) is 15.7. The lowest BCUT2D eigenvalue weighted by Gasteiger charge is -2.15. The van der Waals surface area contributed by atoms with Gasteiger partial charge in [-0.25, -0.2) is 4.79 Å². The van der Waals surface area contributed by atoms with Gasteiger partial charge >= 0.3 is 12.1 Å². The Bertz CT molecular complexity index is 1510. The molecule has 0 fully saturated rings. The number of alkyl halides is 3. The third kappa shape index (κ3) is 9.41. The highest BCUT2D eigenvalue weighted by molar-refractivity contribution is 6.16. The fourth-order valence-electron chi connectivity index (χ4n) is 3.74. The van der Waals surface area contributed by atoms with Crippen molar-refractivity contribution in [1.29, 1.82) is 0 Å². The van der Waals surface area contributed by atoms with Crippen molar-refractivity contribution in [3.8, 4) is 18.1 Å². The Morgan fingerprint density at radius 3 is 2.47 bits per heavy atom. The highest BCUT2D eigenvalue weighted by Gasteiger charge is 2.30. The van der Waals surface area contributed by atoms with Crippen LogP contribution in [0, 0.1) is 12.3 Å². The monoisotopic (exact) mass is 594 g/mol. The highest BCUT2D eigenvalue weighted by atomic mass is 19.4. The van der Waals surface area contributed by atoms with Crippen molar-refractivity contribution < 1.29 is 41.9 Å². The van der Waals surface area contributed by atoms with Gasteiger partial charge in [0.2, 0.25) is 0 Å². The normalized spacial score (nSPS) is 11.7. The number of carbonyl (C=O) groups excluding carboxylic acids is 1. The van der Waals surface area contributed by atoms with E-state index in [1.807, 2.05) is 0 Å². The second-order valence-corrected chi connectivity index (χ2v) is 8.71. The van der Waals surface area contributed by atoms with E-state index in [0.717, 1.165) is 12.1 Å². The first-order valence-electron chi connectivity index (χ1n) is 12.7. The maximum atomic E-state index is 13.0. The third-order valence-corrected chi connectivity index (χ3v) is 5.75. The predicted molar refractivity (Wildman–Crippen MR) is 154 cm³/mol. The molecule has 3 aromatic carbocycles.